The van der Waals surface area contributed by atoms with Gasteiger partial charge in [-0.25, -0.2) is 0 Å². The summed E-state index contributed by atoms with van der Waals surface area (Å²) in [7, 11) is 0. The van der Waals surface area contributed by atoms with E-state index in [1.807, 2.05) is 0 Å². The van der Waals surface area contributed by atoms with Crippen molar-refractivity contribution in [3.63, 3.8) is 0 Å². The minimum atomic E-state index is -0.771. The van der Waals surface area contributed by atoms with Gasteiger partial charge in [0.05, 0.1) is 0 Å². The molecule has 6 nitrogen and oxygen atoms in total. The standard InChI is InChI=1S/C71H134O6/c1-4-7-10-13-16-19-21-23-25-27-29-30-31-32-33-34-35-36-37-38-39-40-41-42-44-45-47-49-52-55-58-61-64-70(73)76-67-68(66-75-69(72)63-60-57-54-51-18-15-12-9-6-3)77-71(74)65-62-59-56-53-50-48-46-43-28-26-24-22-20-17-14-11-8-5-2/h20,22,26,28,68H,4-19,21,23-25,27,29-67H2,1-3H3/b22-20-,28-26-. The second-order valence-electron chi connectivity index (χ2n) is 23.8. The lowest BCUT2D eigenvalue weighted by Gasteiger charge is -2.18. The molecular formula is C71H134O6. The van der Waals surface area contributed by atoms with Gasteiger partial charge in [-0.1, -0.05) is 347 Å². The van der Waals surface area contributed by atoms with Crippen LogP contribution in [0.1, 0.15) is 393 Å². The predicted molar refractivity (Wildman–Crippen MR) is 335 cm³/mol. The summed E-state index contributed by atoms with van der Waals surface area (Å²) in [5.41, 5.74) is 0. The first-order valence-electron chi connectivity index (χ1n) is 34.8. The first-order valence-corrected chi connectivity index (χ1v) is 34.8. The Morgan fingerprint density at radius 2 is 0.468 bits per heavy atom. The smallest absolute Gasteiger partial charge is 0.306 e. The van der Waals surface area contributed by atoms with E-state index in [1.54, 1.807) is 0 Å². The molecule has 77 heavy (non-hydrogen) atoms. The van der Waals surface area contributed by atoms with Crippen molar-refractivity contribution in [1.29, 1.82) is 0 Å². The average Bonchev–Trinajstić information content (AvgIpc) is 3.43. The number of hydrogen-bond acceptors (Lipinski definition) is 6. The molecule has 1 atom stereocenters. The first-order chi connectivity index (χ1) is 38.0. The molecule has 454 valence electrons. The SMILES string of the molecule is CCCCCC/C=C\C/C=C\CCCCCCCCCC(=O)OC(COC(=O)CCCCCCCCCCC)COC(=O)CCCCCCCCCCCCCCCCCCCCCCCCCCCCCCCCCC. The summed E-state index contributed by atoms with van der Waals surface area (Å²) in [5.74, 6) is -0.854. The minimum Gasteiger partial charge on any atom is -0.462 e. The molecule has 0 aliphatic rings. The van der Waals surface area contributed by atoms with Gasteiger partial charge in [-0.3, -0.25) is 14.4 Å². The Morgan fingerprint density at radius 3 is 0.727 bits per heavy atom. The molecule has 0 radical (unpaired) electrons. The third kappa shape index (κ3) is 64.6. The molecule has 0 aromatic heterocycles. The highest BCUT2D eigenvalue weighted by atomic mass is 16.6. The summed E-state index contributed by atoms with van der Waals surface area (Å²) in [6.45, 7) is 6.67. The third-order valence-electron chi connectivity index (χ3n) is 16.0. The highest BCUT2D eigenvalue weighted by Crippen LogP contribution is 2.19. The summed E-state index contributed by atoms with van der Waals surface area (Å²) < 4.78 is 16.9. The predicted octanol–water partition coefficient (Wildman–Crippen LogP) is 23.8. The summed E-state index contributed by atoms with van der Waals surface area (Å²) in [6, 6.07) is 0. The second kappa shape index (κ2) is 66.4. The van der Waals surface area contributed by atoms with Crippen molar-refractivity contribution in [2.45, 2.75) is 399 Å². The van der Waals surface area contributed by atoms with Gasteiger partial charge in [0.15, 0.2) is 6.10 Å². The fourth-order valence-electron chi connectivity index (χ4n) is 10.7. The van der Waals surface area contributed by atoms with Crippen LogP contribution in [-0.2, 0) is 28.6 Å². The average molecular weight is 1080 g/mol. The fraction of sp³-hybridized carbons (Fsp3) is 0.901. The zero-order valence-electron chi connectivity index (χ0n) is 52.3. The molecule has 0 aromatic rings. The molecule has 0 bridgehead atoms. The molecule has 0 rings (SSSR count). The number of carbonyl (C=O) groups excluding carboxylic acids is 3. The molecule has 0 aliphatic heterocycles. The quantitative estimate of drug-likeness (QED) is 0.0261. The van der Waals surface area contributed by atoms with Crippen LogP contribution in [0.15, 0.2) is 24.3 Å². The van der Waals surface area contributed by atoms with Crippen LogP contribution in [0.5, 0.6) is 0 Å². The maximum Gasteiger partial charge on any atom is 0.306 e. The number of unbranched alkanes of at least 4 members (excludes halogenated alkanes) is 50. The zero-order valence-corrected chi connectivity index (χ0v) is 52.3. The number of rotatable bonds is 65. The molecule has 0 heterocycles. The summed E-state index contributed by atoms with van der Waals surface area (Å²) in [5, 5.41) is 0. The fourth-order valence-corrected chi connectivity index (χ4v) is 10.7. The Balaban J connectivity index is 4.02. The molecule has 0 spiro atoms. The maximum atomic E-state index is 12.9. The van der Waals surface area contributed by atoms with Gasteiger partial charge in [0.2, 0.25) is 0 Å². The lowest BCUT2D eigenvalue weighted by molar-refractivity contribution is -0.167. The molecule has 6 heteroatoms. The van der Waals surface area contributed by atoms with Crippen molar-refractivity contribution in [3.8, 4) is 0 Å². The van der Waals surface area contributed by atoms with E-state index in [0.29, 0.717) is 19.3 Å². The van der Waals surface area contributed by atoms with Gasteiger partial charge in [-0.15, -0.1) is 0 Å². The molecule has 0 aliphatic carbocycles. The topological polar surface area (TPSA) is 78.9 Å². The minimum absolute atomic E-state index is 0.0689. The van der Waals surface area contributed by atoms with Gasteiger partial charge < -0.3 is 14.2 Å². The Labute approximate surface area is 481 Å². The number of hydrogen-bond donors (Lipinski definition) is 0. The Bertz CT molecular complexity index is 1240. The van der Waals surface area contributed by atoms with Crippen molar-refractivity contribution < 1.29 is 28.6 Å². The van der Waals surface area contributed by atoms with E-state index in [2.05, 4.69) is 45.1 Å². The molecule has 0 fully saturated rings. The Morgan fingerprint density at radius 1 is 0.260 bits per heavy atom. The lowest BCUT2D eigenvalue weighted by Crippen LogP contribution is -2.30. The first kappa shape index (κ1) is 74.9. The van der Waals surface area contributed by atoms with Gasteiger partial charge in [-0.05, 0) is 51.4 Å². The van der Waals surface area contributed by atoms with Crippen molar-refractivity contribution in [3.05, 3.63) is 24.3 Å². The molecule has 0 saturated heterocycles. The molecule has 1 unspecified atom stereocenters. The van der Waals surface area contributed by atoms with Gasteiger partial charge in [0.25, 0.3) is 0 Å². The highest BCUT2D eigenvalue weighted by molar-refractivity contribution is 5.71. The van der Waals surface area contributed by atoms with Crippen LogP contribution in [0, 0.1) is 0 Å². The molecular weight excluding hydrogens is 949 g/mol. The Hall–Kier alpha value is -2.11. The van der Waals surface area contributed by atoms with E-state index in [1.165, 1.54) is 283 Å². The second-order valence-corrected chi connectivity index (χ2v) is 23.8. The van der Waals surface area contributed by atoms with Crippen LogP contribution in [0.3, 0.4) is 0 Å². The number of esters is 3. The van der Waals surface area contributed by atoms with Gasteiger partial charge in [0, 0.05) is 19.3 Å². The van der Waals surface area contributed by atoms with Crippen LogP contribution in [0.25, 0.3) is 0 Å². The largest absolute Gasteiger partial charge is 0.462 e. The highest BCUT2D eigenvalue weighted by Gasteiger charge is 2.19. The summed E-state index contributed by atoms with van der Waals surface area (Å²) in [6.07, 6.45) is 80.9. The monoisotopic (exact) mass is 1080 g/mol. The van der Waals surface area contributed by atoms with Gasteiger partial charge >= 0.3 is 17.9 Å². The molecule has 0 aromatic carbocycles. The van der Waals surface area contributed by atoms with Crippen molar-refractivity contribution >= 4 is 17.9 Å². The van der Waals surface area contributed by atoms with Crippen LogP contribution < -0.4 is 0 Å². The number of carbonyl (C=O) groups is 3. The third-order valence-corrected chi connectivity index (χ3v) is 16.0. The zero-order chi connectivity index (χ0) is 55.7. The lowest BCUT2D eigenvalue weighted by atomic mass is 10.0. The summed E-state index contributed by atoms with van der Waals surface area (Å²) >= 11 is 0. The normalized spacial score (nSPS) is 12.1. The van der Waals surface area contributed by atoms with E-state index >= 15 is 0 Å². The molecule has 0 saturated carbocycles. The van der Waals surface area contributed by atoms with E-state index in [-0.39, 0.29) is 31.1 Å². The van der Waals surface area contributed by atoms with Crippen LogP contribution >= 0.6 is 0 Å². The molecule has 0 N–H and O–H groups in total. The van der Waals surface area contributed by atoms with Crippen molar-refractivity contribution in [2.75, 3.05) is 13.2 Å². The summed E-state index contributed by atoms with van der Waals surface area (Å²) in [4.78, 5) is 38.2. The van der Waals surface area contributed by atoms with Gasteiger partial charge in [0.1, 0.15) is 13.2 Å². The van der Waals surface area contributed by atoms with Crippen molar-refractivity contribution in [1.82, 2.24) is 0 Å². The van der Waals surface area contributed by atoms with E-state index < -0.39 is 6.10 Å². The maximum absolute atomic E-state index is 12.9. The van der Waals surface area contributed by atoms with Crippen LogP contribution in [0.2, 0.25) is 0 Å². The van der Waals surface area contributed by atoms with E-state index in [4.69, 9.17) is 14.2 Å². The van der Waals surface area contributed by atoms with E-state index in [0.717, 1.165) is 70.6 Å². The van der Waals surface area contributed by atoms with Gasteiger partial charge in [-0.2, -0.15) is 0 Å². The Kier molecular flexibility index (Phi) is 64.6. The number of ether oxygens (including phenoxy) is 3. The molecule has 0 amide bonds. The van der Waals surface area contributed by atoms with E-state index in [9.17, 15) is 14.4 Å². The van der Waals surface area contributed by atoms with Crippen molar-refractivity contribution in [2.24, 2.45) is 0 Å². The van der Waals surface area contributed by atoms with Crippen LogP contribution in [-0.4, -0.2) is 37.2 Å². The number of allylic oxidation sites excluding steroid dienone is 4. The van der Waals surface area contributed by atoms with Crippen LogP contribution in [0.4, 0.5) is 0 Å².